The molecule has 6 rings (SSSR count). The highest BCUT2D eigenvalue weighted by atomic mass is 127. The summed E-state index contributed by atoms with van der Waals surface area (Å²) in [7, 11) is 0. The number of halogens is 1. The minimum atomic E-state index is 0.323. The SMILES string of the molecule is NCC(I)c1ccc2c(c1)cc1n2COc2cc(-c3cnc([C@H]4CCCN4)[nH]3)ccc2-1. The molecule has 0 radical (unpaired) electrons. The molecule has 4 heterocycles. The monoisotopic (exact) mass is 525 g/mol. The van der Waals surface area contributed by atoms with Gasteiger partial charge >= 0.3 is 0 Å². The lowest BCUT2D eigenvalue weighted by atomic mass is 10.0. The van der Waals surface area contributed by atoms with Crippen LogP contribution < -0.4 is 15.8 Å². The van der Waals surface area contributed by atoms with Crippen LogP contribution >= 0.6 is 22.6 Å². The van der Waals surface area contributed by atoms with Gasteiger partial charge in [-0.1, -0.05) is 34.7 Å². The summed E-state index contributed by atoms with van der Waals surface area (Å²) >= 11 is 2.41. The predicted octanol–water partition coefficient (Wildman–Crippen LogP) is 4.91. The van der Waals surface area contributed by atoms with Crippen LogP contribution in [-0.4, -0.2) is 27.6 Å². The van der Waals surface area contributed by atoms with Crippen LogP contribution in [0.3, 0.4) is 0 Å². The van der Waals surface area contributed by atoms with Crippen molar-refractivity contribution in [2.24, 2.45) is 5.73 Å². The molecule has 2 aliphatic rings. The number of alkyl halides is 1. The van der Waals surface area contributed by atoms with Crippen molar-refractivity contribution in [1.82, 2.24) is 19.9 Å². The minimum Gasteiger partial charge on any atom is -0.472 e. The molecule has 2 aliphatic heterocycles. The number of aromatic amines is 1. The van der Waals surface area contributed by atoms with Gasteiger partial charge in [-0.2, -0.15) is 0 Å². The Hall–Kier alpha value is -2.36. The van der Waals surface area contributed by atoms with Gasteiger partial charge in [-0.05, 0) is 55.3 Å². The highest BCUT2D eigenvalue weighted by Crippen LogP contribution is 2.41. The van der Waals surface area contributed by atoms with Crippen LogP contribution in [0.15, 0.2) is 48.7 Å². The van der Waals surface area contributed by atoms with Gasteiger partial charge in [0.2, 0.25) is 0 Å². The summed E-state index contributed by atoms with van der Waals surface area (Å²) in [4.78, 5) is 8.10. The number of aromatic nitrogens is 3. The van der Waals surface area contributed by atoms with E-state index in [1.165, 1.54) is 28.6 Å². The normalized spacial score (nSPS) is 18.6. The first kappa shape index (κ1) is 19.3. The number of nitrogens with one attached hydrogen (secondary N) is 2. The Morgan fingerprint density at radius 2 is 2.16 bits per heavy atom. The second-order valence-corrected chi connectivity index (χ2v) is 9.80. The Balaban J connectivity index is 1.36. The Morgan fingerprint density at radius 1 is 1.23 bits per heavy atom. The van der Waals surface area contributed by atoms with Crippen molar-refractivity contribution in [3.05, 3.63) is 60.0 Å². The quantitative estimate of drug-likeness (QED) is 0.262. The molecule has 0 bridgehead atoms. The maximum Gasteiger partial charge on any atom is 0.165 e. The van der Waals surface area contributed by atoms with Gasteiger partial charge in [-0.25, -0.2) is 4.98 Å². The maximum absolute atomic E-state index is 6.18. The molecule has 4 aromatic rings. The lowest BCUT2D eigenvalue weighted by Gasteiger charge is -2.21. The van der Waals surface area contributed by atoms with E-state index >= 15 is 0 Å². The molecule has 0 spiro atoms. The smallest absolute Gasteiger partial charge is 0.165 e. The molecule has 6 nitrogen and oxygen atoms in total. The van der Waals surface area contributed by atoms with Crippen LogP contribution in [0.1, 0.15) is 34.2 Å². The average molecular weight is 525 g/mol. The Kier molecular flexibility index (Phi) is 4.77. The topological polar surface area (TPSA) is 80.9 Å². The zero-order chi connectivity index (χ0) is 20.9. The number of nitrogens with two attached hydrogens (primary N) is 1. The van der Waals surface area contributed by atoms with Crippen molar-refractivity contribution in [1.29, 1.82) is 0 Å². The number of ether oxygens (including phenoxy) is 1. The number of hydrogen-bond acceptors (Lipinski definition) is 4. The summed E-state index contributed by atoms with van der Waals surface area (Å²) in [5, 5.41) is 4.72. The zero-order valence-electron chi connectivity index (χ0n) is 17.1. The molecule has 7 heteroatoms. The molecule has 1 saturated heterocycles. The highest BCUT2D eigenvalue weighted by Gasteiger charge is 2.22. The first-order chi connectivity index (χ1) is 15.2. The second kappa shape index (κ2) is 7.65. The first-order valence-corrected chi connectivity index (χ1v) is 12.0. The Bertz CT molecular complexity index is 1270. The number of nitrogens with zero attached hydrogens (tertiary/aromatic N) is 2. The van der Waals surface area contributed by atoms with E-state index in [1.807, 2.05) is 6.20 Å². The fourth-order valence-corrected chi connectivity index (χ4v) is 5.10. The summed E-state index contributed by atoms with van der Waals surface area (Å²) in [5.74, 6) is 1.94. The Labute approximate surface area is 194 Å². The highest BCUT2D eigenvalue weighted by molar-refractivity contribution is 14.1. The van der Waals surface area contributed by atoms with Crippen molar-refractivity contribution in [2.45, 2.75) is 29.5 Å². The van der Waals surface area contributed by atoms with Gasteiger partial charge in [0.15, 0.2) is 6.73 Å². The van der Waals surface area contributed by atoms with E-state index in [2.05, 4.69) is 84.9 Å². The fourth-order valence-electron chi connectivity index (χ4n) is 4.72. The van der Waals surface area contributed by atoms with Crippen LogP contribution in [-0.2, 0) is 6.73 Å². The van der Waals surface area contributed by atoms with Crippen molar-refractivity contribution in [3.63, 3.8) is 0 Å². The predicted molar refractivity (Wildman–Crippen MR) is 131 cm³/mol. The molecule has 4 N–H and O–H groups in total. The summed E-state index contributed by atoms with van der Waals surface area (Å²) in [6, 6.07) is 15.6. The maximum atomic E-state index is 6.18. The molecular formula is C24H24IN5O. The van der Waals surface area contributed by atoms with Gasteiger partial charge < -0.3 is 25.3 Å². The third-order valence-corrected chi connectivity index (χ3v) is 7.63. The minimum absolute atomic E-state index is 0.323. The van der Waals surface area contributed by atoms with Crippen molar-refractivity contribution < 1.29 is 4.74 Å². The molecule has 1 unspecified atom stereocenters. The average Bonchev–Trinajstić information content (AvgIpc) is 3.56. The first-order valence-electron chi connectivity index (χ1n) is 10.7. The van der Waals surface area contributed by atoms with E-state index in [1.54, 1.807) is 0 Å². The van der Waals surface area contributed by atoms with Crippen LogP contribution in [0.25, 0.3) is 33.4 Å². The molecule has 31 heavy (non-hydrogen) atoms. The van der Waals surface area contributed by atoms with Crippen LogP contribution in [0.5, 0.6) is 5.75 Å². The number of H-pyrrole nitrogens is 1. The molecule has 0 saturated carbocycles. The van der Waals surface area contributed by atoms with Gasteiger partial charge in [-0.15, -0.1) is 0 Å². The molecule has 0 aliphatic carbocycles. The number of hydrogen-bond donors (Lipinski definition) is 3. The van der Waals surface area contributed by atoms with Crippen LogP contribution in [0, 0.1) is 0 Å². The molecule has 2 atom stereocenters. The van der Waals surface area contributed by atoms with E-state index in [9.17, 15) is 0 Å². The van der Waals surface area contributed by atoms with Gasteiger partial charge in [0.1, 0.15) is 11.6 Å². The van der Waals surface area contributed by atoms with E-state index < -0.39 is 0 Å². The van der Waals surface area contributed by atoms with Gasteiger partial charge in [0, 0.05) is 27.0 Å². The van der Waals surface area contributed by atoms with E-state index in [4.69, 9.17) is 10.5 Å². The number of imidazole rings is 1. The molecule has 2 aromatic heterocycles. The number of fused-ring (bicyclic) bond motifs is 5. The standard InChI is InChI=1S/C24H24IN5O/c25-18(11-26)14-4-6-21-16(8-14)9-22-17-5-3-15(10-23(17)31-13-30(21)22)20-12-28-24(29-20)19-2-1-7-27-19/h3-6,8-10,12,18-19,27H,1-2,7,11,13,26H2,(H,28,29)/t18?,19-/m1/s1. The third kappa shape index (κ3) is 3.26. The molecular weight excluding hydrogens is 501 g/mol. The summed E-state index contributed by atoms with van der Waals surface area (Å²) in [5.41, 5.74) is 12.8. The zero-order valence-corrected chi connectivity index (χ0v) is 19.2. The fraction of sp³-hybridized carbons (Fsp3) is 0.292. The van der Waals surface area contributed by atoms with Gasteiger partial charge in [0.25, 0.3) is 0 Å². The molecule has 1 fully saturated rings. The van der Waals surface area contributed by atoms with Gasteiger partial charge in [0.05, 0.1) is 29.1 Å². The van der Waals surface area contributed by atoms with Crippen molar-refractivity contribution >= 4 is 33.5 Å². The Morgan fingerprint density at radius 3 is 3.00 bits per heavy atom. The second-order valence-electron chi connectivity index (χ2n) is 8.29. The van der Waals surface area contributed by atoms with Crippen molar-refractivity contribution in [3.8, 4) is 28.3 Å². The lowest BCUT2D eigenvalue weighted by molar-refractivity contribution is 0.235. The van der Waals surface area contributed by atoms with Gasteiger partial charge in [-0.3, -0.25) is 0 Å². The number of rotatable bonds is 4. The lowest BCUT2D eigenvalue weighted by Crippen LogP contribution is -2.14. The van der Waals surface area contributed by atoms with Crippen LogP contribution in [0.4, 0.5) is 0 Å². The summed E-state index contributed by atoms with van der Waals surface area (Å²) < 4.78 is 8.74. The summed E-state index contributed by atoms with van der Waals surface area (Å²) in [6.45, 7) is 2.22. The molecule has 158 valence electrons. The van der Waals surface area contributed by atoms with Crippen LogP contribution in [0.2, 0.25) is 0 Å². The number of benzene rings is 2. The van der Waals surface area contributed by atoms with Crippen molar-refractivity contribution in [2.75, 3.05) is 13.1 Å². The molecule has 2 aromatic carbocycles. The van der Waals surface area contributed by atoms with E-state index in [-0.39, 0.29) is 0 Å². The largest absolute Gasteiger partial charge is 0.472 e. The summed E-state index contributed by atoms with van der Waals surface area (Å²) in [6.07, 6.45) is 4.26. The van der Waals surface area contributed by atoms with E-state index in [0.29, 0.717) is 23.2 Å². The third-order valence-electron chi connectivity index (χ3n) is 6.40. The molecule has 0 amide bonds. The van der Waals surface area contributed by atoms with E-state index in [0.717, 1.165) is 41.4 Å².